The van der Waals surface area contributed by atoms with E-state index >= 15 is 0 Å². The van der Waals surface area contributed by atoms with Gasteiger partial charge in [-0.05, 0) is 11.1 Å². The summed E-state index contributed by atoms with van der Waals surface area (Å²) in [6, 6.07) is 7.51. The molecule has 0 aliphatic rings. The molecule has 0 unspecified atom stereocenters. The van der Waals surface area contributed by atoms with Gasteiger partial charge >= 0.3 is 0 Å². The molecular formula is C19H21N7O2S. The van der Waals surface area contributed by atoms with Gasteiger partial charge in [-0.25, -0.2) is 18.1 Å². The second kappa shape index (κ2) is 7.63. The van der Waals surface area contributed by atoms with Crippen molar-refractivity contribution in [3.63, 3.8) is 0 Å². The summed E-state index contributed by atoms with van der Waals surface area (Å²) >= 11 is 0. The Hall–Kier alpha value is -3.27. The van der Waals surface area contributed by atoms with Crippen molar-refractivity contribution in [1.82, 2.24) is 29.5 Å². The van der Waals surface area contributed by atoms with Crippen LogP contribution in [-0.4, -0.2) is 43.7 Å². The molecule has 9 nitrogen and oxygen atoms in total. The summed E-state index contributed by atoms with van der Waals surface area (Å²) in [5.74, 6) is 0.568. The fourth-order valence-corrected chi connectivity index (χ4v) is 3.97. The third kappa shape index (κ3) is 4.27. The second-order valence-electron chi connectivity index (χ2n) is 6.75. The summed E-state index contributed by atoms with van der Waals surface area (Å²) < 4.78 is 27.6. The average molecular weight is 411 g/mol. The first-order chi connectivity index (χ1) is 13.9. The molecule has 0 radical (unpaired) electrons. The standard InChI is InChI=1S/C19H21N7O2S/c1-3-29(27,28)13-15-7-5-4-6-14(15)11-26-18-16(9-22-26)8-20-19(24-18)23-17-10-21-25(2)12-17/h4-10,12H,3,11,13H2,1-2H3,(H,20,23,24). The predicted octanol–water partition coefficient (Wildman–Crippen LogP) is 2.29. The van der Waals surface area contributed by atoms with Crippen molar-refractivity contribution in [3.8, 4) is 0 Å². The van der Waals surface area contributed by atoms with Gasteiger partial charge in [0.05, 0.1) is 35.8 Å². The molecule has 0 atom stereocenters. The van der Waals surface area contributed by atoms with Crippen molar-refractivity contribution in [3.05, 3.63) is 60.2 Å². The minimum Gasteiger partial charge on any atom is -0.321 e. The van der Waals surface area contributed by atoms with E-state index < -0.39 is 9.84 Å². The highest BCUT2D eigenvalue weighted by molar-refractivity contribution is 7.90. The molecule has 0 aliphatic heterocycles. The lowest BCUT2D eigenvalue weighted by Gasteiger charge is -2.10. The normalized spacial score (nSPS) is 11.8. The molecular weight excluding hydrogens is 390 g/mol. The molecule has 0 fully saturated rings. The van der Waals surface area contributed by atoms with E-state index in [2.05, 4.69) is 25.5 Å². The topological polar surface area (TPSA) is 108 Å². The fourth-order valence-electron chi connectivity index (χ4n) is 3.01. The summed E-state index contributed by atoms with van der Waals surface area (Å²) in [7, 11) is -1.30. The molecule has 0 aliphatic carbocycles. The van der Waals surface area contributed by atoms with Crippen LogP contribution in [-0.2, 0) is 29.2 Å². The van der Waals surface area contributed by atoms with Crippen LogP contribution in [0.25, 0.3) is 11.0 Å². The molecule has 0 saturated heterocycles. The van der Waals surface area contributed by atoms with Crippen LogP contribution in [0.1, 0.15) is 18.1 Å². The summed E-state index contributed by atoms with van der Waals surface area (Å²) in [5, 5.41) is 12.5. The van der Waals surface area contributed by atoms with Crippen LogP contribution >= 0.6 is 0 Å². The predicted molar refractivity (Wildman–Crippen MR) is 111 cm³/mol. The molecule has 1 N–H and O–H groups in total. The van der Waals surface area contributed by atoms with E-state index in [1.54, 1.807) is 34.9 Å². The van der Waals surface area contributed by atoms with Crippen molar-refractivity contribution >= 4 is 32.5 Å². The number of sulfone groups is 1. The van der Waals surface area contributed by atoms with E-state index in [1.165, 1.54) is 0 Å². The van der Waals surface area contributed by atoms with E-state index in [0.29, 0.717) is 18.1 Å². The molecule has 4 rings (SSSR count). The fraction of sp³-hybridized carbons (Fsp3) is 0.263. The first-order valence-electron chi connectivity index (χ1n) is 9.15. The zero-order valence-electron chi connectivity index (χ0n) is 16.1. The summed E-state index contributed by atoms with van der Waals surface area (Å²) in [6.07, 6.45) is 6.93. The third-order valence-corrected chi connectivity index (χ3v) is 6.22. The van der Waals surface area contributed by atoms with Crippen LogP contribution in [0.2, 0.25) is 0 Å². The van der Waals surface area contributed by atoms with Gasteiger partial charge in [0.15, 0.2) is 15.5 Å². The van der Waals surface area contributed by atoms with Crippen molar-refractivity contribution in [2.45, 2.75) is 19.2 Å². The Balaban J connectivity index is 1.64. The van der Waals surface area contributed by atoms with Crippen molar-refractivity contribution in [2.75, 3.05) is 11.1 Å². The molecule has 0 saturated carbocycles. The minimum atomic E-state index is -3.13. The molecule has 29 heavy (non-hydrogen) atoms. The number of hydrogen-bond donors (Lipinski definition) is 1. The number of hydrogen-bond acceptors (Lipinski definition) is 7. The average Bonchev–Trinajstić information content (AvgIpc) is 3.29. The van der Waals surface area contributed by atoms with Gasteiger partial charge in [0.1, 0.15) is 0 Å². The molecule has 0 bridgehead atoms. The maximum absolute atomic E-state index is 12.1. The Morgan fingerprint density at radius 2 is 1.86 bits per heavy atom. The van der Waals surface area contributed by atoms with Gasteiger partial charge in [0, 0.05) is 25.2 Å². The highest BCUT2D eigenvalue weighted by atomic mass is 32.2. The van der Waals surface area contributed by atoms with Crippen LogP contribution in [0, 0.1) is 0 Å². The van der Waals surface area contributed by atoms with Gasteiger partial charge in [0.2, 0.25) is 5.95 Å². The Kier molecular flexibility index (Phi) is 5.01. The molecule has 10 heteroatoms. The van der Waals surface area contributed by atoms with E-state index in [1.807, 2.05) is 37.5 Å². The van der Waals surface area contributed by atoms with Crippen LogP contribution in [0.5, 0.6) is 0 Å². The van der Waals surface area contributed by atoms with Gasteiger partial charge in [-0.3, -0.25) is 4.68 Å². The van der Waals surface area contributed by atoms with Gasteiger partial charge in [-0.2, -0.15) is 15.2 Å². The van der Waals surface area contributed by atoms with Gasteiger partial charge < -0.3 is 5.32 Å². The number of fused-ring (bicyclic) bond motifs is 1. The van der Waals surface area contributed by atoms with Crippen LogP contribution < -0.4 is 5.32 Å². The van der Waals surface area contributed by atoms with E-state index in [-0.39, 0.29) is 11.5 Å². The zero-order chi connectivity index (χ0) is 20.4. The monoisotopic (exact) mass is 411 g/mol. The Labute approximate surface area is 168 Å². The second-order valence-corrected chi connectivity index (χ2v) is 9.10. The third-order valence-electron chi connectivity index (χ3n) is 4.59. The van der Waals surface area contributed by atoms with Gasteiger partial charge in [-0.1, -0.05) is 31.2 Å². The highest BCUT2D eigenvalue weighted by Crippen LogP contribution is 2.19. The Morgan fingerprint density at radius 3 is 2.59 bits per heavy atom. The number of rotatable bonds is 7. The van der Waals surface area contributed by atoms with Gasteiger partial charge in [0.25, 0.3) is 0 Å². The van der Waals surface area contributed by atoms with E-state index in [0.717, 1.165) is 22.2 Å². The molecule has 0 amide bonds. The van der Waals surface area contributed by atoms with Crippen LogP contribution in [0.4, 0.5) is 11.6 Å². The maximum Gasteiger partial charge on any atom is 0.229 e. The maximum atomic E-state index is 12.1. The largest absolute Gasteiger partial charge is 0.321 e. The molecule has 1 aromatic carbocycles. The molecule has 3 aromatic heterocycles. The summed E-state index contributed by atoms with van der Waals surface area (Å²) in [5.41, 5.74) is 3.13. The highest BCUT2D eigenvalue weighted by Gasteiger charge is 2.14. The van der Waals surface area contributed by atoms with Crippen LogP contribution in [0.15, 0.2) is 49.1 Å². The van der Waals surface area contributed by atoms with E-state index in [4.69, 9.17) is 0 Å². The first kappa shape index (κ1) is 19.1. The van der Waals surface area contributed by atoms with E-state index in [9.17, 15) is 8.42 Å². The minimum absolute atomic E-state index is 0.0155. The lowest BCUT2D eigenvalue weighted by atomic mass is 10.1. The number of anilines is 2. The SMILES string of the molecule is CCS(=O)(=O)Cc1ccccc1Cn1ncc2cnc(Nc3cnn(C)c3)nc21. The zero-order valence-corrected chi connectivity index (χ0v) is 17.0. The lowest BCUT2D eigenvalue weighted by molar-refractivity contribution is 0.596. The molecule has 0 spiro atoms. The summed E-state index contributed by atoms with van der Waals surface area (Å²) in [6.45, 7) is 2.08. The van der Waals surface area contributed by atoms with Gasteiger partial charge in [-0.15, -0.1) is 0 Å². The lowest BCUT2D eigenvalue weighted by Crippen LogP contribution is -2.11. The smallest absolute Gasteiger partial charge is 0.229 e. The van der Waals surface area contributed by atoms with Crippen molar-refractivity contribution in [2.24, 2.45) is 7.05 Å². The number of nitrogens with one attached hydrogen (secondary N) is 1. The quantitative estimate of drug-likeness (QED) is 0.497. The number of benzene rings is 1. The summed E-state index contributed by atoms with van der Waals surface area (Å²) in [4.78, 5) is 8.90. The Morgan fingerprint density at radius 1 is 1.07 bits per heavy atom. The number of aromatic nitrogens is 6. The first-order valence-corrected chi connectivity index (χ1v) is 11.0. The molecule has 150 valence electrons. The van der Waals surface area contributed by atoms with Crippen molar-refractivity contribution < 1.29 is 8.42 Å². The van der Waals surface area contributed by atoms with Crippen LogP contribution in [0.3, 0.4) is 0 Å². The molecule has 3 heterocycles. The Bertz CT molecular complexity index is 1260. The van der Waals surface area contributed by atoms with Crippen molar-refractivity contribution in [1.29, 1.82) is 0 Å². The number of nitrogens with zero attached hydrogens (tertiary/aromatic N) is 6. The number of aryl methyl sites for hydroxylation is 1. The molecule has 4 aromatic rings.